The fraction of sp³-hybridized carbons (Fsp3) is 0.333. The van der Waals surface area contributed by atoms with Crippen LogP contribution in [-0.2, 0) is 6.42 Å². The van der Waals surface area contributed by atoms with Crippen LogP contribution in [0.5, 0.6) is 0 Å². The number of benzene rings is 1. The summed E-state index contributed by atoms with van der Waals surface area (Å²) in [5.74, 6) is 0. The minimum Gasteiger partial charge on any atom is -0.258 e. The average molecular weight is 165 g/mol. The average Bonchev–Trinajstić information content (AvgIpc) is 2.05. The maximum Gasteiger partial charge on any atom is 0.269 e. The van der Waals surface area contributed by atoms with Crippen molar-refractivity contribution in [1.29, 1.82) is 0 Å². The van der Waals surface area contributed by atoms with Gasteiger partial charge in [-0.2, -0.15) is 0 Å². The molecule has 0 unspecified atom stereocenters. The molecule has 1 aromatic carbocycles. The molecule has 0 aliphatic carbocycles. The molecule has 0 heterocycles. The summed E-state index contributed by atoms with van der Waals surface area (Å²) >= 11 is 0. The smallest absolute Gasteiger partial charge is 0.258 e. The van der Waals surface area contributed by atoms with Crippen molar-refractivity contribution >= 4 is 5.69 Å². The summed E-state index contributed by atoms with van der Waals surface area (Å²) in [6.07, 6.45) is 0.841. The van der Waals surface area contributed by atoms with E-state index in [1.165, 1.54) is 6.07 Å². The molecule has 0 amide bonds. The molecule has 0 fully saturated rings. The molecule has 3 nitrogen and oxygen atoms in total. The van der Waals surface area contributed by atoms with E-state index in [1.54, 1.807) is 12.1 Å². The Kier molecular flexibility index (Phi) is 2.43. The number of aryl methyl sites for hydroxylation is 2. The number of nitrogens with zero attached hydrogens (tertiary/aromatic N) is 1. The summed E-state index contributed by atoms with van der Waals surface area (Å²) in [6.45, 7) is 3.95. The number of rotatable bonds is 2. The molecule has 1 rings (SSSR count). The summed E-state index contributed by atoms with van der Waals surface area (Å²) in [5.41, 5.74) is 2.34. The molecule has 0 aromatic heterocycles. The van der Waals surface area contributed by atoms with Crippen molar-refractivity contribution < 1.29 is 4.92 Å². The van der Waals surface area contributed by atoms with Crippen molar-refractivity contribution in [3.63, 3.8) is 0 Å². The van der Waals surface area contributed by atoms with E-state index in [0.717, 1.165) is 17.5 Å². The molecule has 12 heavy (non-hydrogen) atoms. The van der Waals surface area contributed by atoms with Gasteiger partial charge >= 0.3 is 0 Å². The Balaban J connectivity index is 3.13. The van der Waals surface area contributed by atoms with Crippen LogP contribution in [0, 0.1) is 17.0 Å². The van der Waals surface area contributed by atoms with Crippen molar-refractivity contribution in [3.8, 4) is 0 Å². The number of hydrogen-bond acceptors (Lipinski definition) is 2. The normalized spacial score (nSPS) is 9.83. The van der Waals surface area contributed by atoms with Crippen LogP contribution >= 0.6 is 0 Å². The summed E-state index contributed by atoms with van der Waals surface area (Å²) in [7, 11) is 0. The monoisotopic (exact) mass is 165 g/mol. The molecule has 0 aliphatic rings. The molecule has 0 bridgehead atoms. The van der Waals surface area contributed by atoms with E-state index >= 15 is 0 Å². The first-order chi connectivity index (χ1) is 5.65. The lowest BCUT2D eigenvalue weighted by atomic mass is 10.1. The van der Waals surface area contributed by atoms with Crippen molar-refractivity contribution in [2.45, 2.75) is 20.3 Å². The van der Waals surface area contributed by atoms with E-state index in [9.17, 15) is 10.1 Å². The Morgan fingerprint density at radius 1 is 1.50 bits per heavy atom. The quantitative estimate of drug-likeness (QED) is 0.499. The Hall–Kier alpha value is -1.38. The van der Waals surface area contributed by atoms with Gasteiger partial charge in [0.2, 0.25) is 0 Å². The van der Waals surface area contributed by atoms with Crippen LogP contribution in [-0.4, -0.2) is 4.92 Å². The molecule has 1 aromatic rings. The fourth-order valence-electron chi connectivity index (χ4n) is 1.15. The van der Waals surface area contributed by atoms with Gasteiger partial charge in [0.05, 0.1) is 4.92 Å². The van der Waals surface area contributed by atoms with Crippen LogP contribution in [0.15, 0.2) is 18.2 Å². The van der Waals surface area contributed by atoms with E-state index in [0.29, 0.717) is 0 Å². The lowest BCUT2D eigenvalue weighted by molar-refractivity contribution is -0.384. The van der Waals surface area contributed by atoms with Crippen molar-refractivity contribution in [3.05, 3.63) is 39.4 Å². The van der Waals surface area contributed by atoms with Gasteiger partial charge in [-0.1, -0.05) is 13.0 Å². The highest BCUT2D eigenvalue weighted by molar-refractivity contribution is 5.39. The Morgan fingerprint density at radius 2 is 2.17 bits per heavy atom. The van der Waals surface area contributed by atoms with Gasteiger partial charge in [0, 0.05) is 12.1 Å². The Bertz CT molecular complexity index is 307. The van der Waals surface area contributed by atoms with Crippen LogP contribution in [0.3, 0.4) is 0 Å². The predicted octanol–water partition coefficient (Wildman–Crippen LogP) is 2.47. The molecule has 64 valence electrons. The number of nitro groups is 1. The summed E-state index contributed by atoms with van der Waals surface area (Å²) < 4.78 is 0. The second kappa shape index (κ2) is 3.34. The van der Waals surface area contributed by atoms with E-state index < -0.39 is 0 Å². The summed E-state index contributed by atoms with van der Waals surface area (Å²) in [4.78, 5) is 10.0. The first kappa shape index (κ1) is 8.71. The van der Waals surface area contributed by atoms with Crippen molar-refractivity contribution in [2.75, 3.05) is 0 Å². The van der Waals surface area contributed by atoms with Crippen molar-refractivity contribution in [2.24, 2.45) is 0 Å². The van der Waals surface area contributed by atoms with E-state index in [-0.39, 0.29) is 10.6 Å². The summed E-state index contributed by atoms with van der Waals surface area (Å²) in [5, 5.41) is 10.4. The molecular weight excluding hydrogens is 154 g/mol. The van der Waals surface area contributed by atoms with Crippen molar-refractivity contribution in [1.82, 2.24) is 0 Å². The van der Waals surface area contributed by atoms with Gasteiger partial charge in [-0.05, 0) is 24.5 Å². The zero-order chi connectivity index (χ0) is 9.14. The molecule has 0 atom stereocenters. The molecule has 0 spiro atoms. The summed E-state index contributed by atoms with van der Waals surface area (Å²) in [6, 6.07) is 4.96. The Morgan fingerprint density at radius 3 is 2.67 bits per heavy atom. The Labute approximate surface area is 71.2 Å². The minimum absolute atomic E-state index is 0.178. The van der Waals surface area contributed by atoms with Crippen LogP contribution in [0.4, 0.5) is 5.69 Å². The minimum atomic E-state index is -0.363. The van der Waals surface area contributed by atoms with E-state index in [4.69, 9.17) is 0 Å². The predicted molar refractivity (Wildman–Crippen MR) is 47.2 cm³/mol. The number of non-ortho nitro benzene ring substituents is 1. The third kappa shape index (κ3) is 1.61. The highest BCUT2D eigenvalue weighted by atomic mass is 16.6. The van der Waals surface area contributed by atoms with Crippen LogP contribution in [0.1, 0.15) is 18.1 Å². The highest BCUT2D eigenvalue weighted by Crippen LogP contribution is 2.17. The second-order valence-corrected chi connectivity index (χ2v) is 2.72. The first-order valence-electron chi connectivity index (χ1n) is 3.89. The molecule has 0 saturated heterocycles. The van der Waals surface area contributed by atoms with E-state index in [1.807, 2.05) is 13.8 Å². The lowest BCUT2D eigenvalue weighted by Crippen LogP contribution is -1.91. The number of nitro benzene ring substituents is 1. The van der Waals surface area contributed by atoms with Gasteiger partial charge in [0.25, 0.3) is 5.69 Å². The van der Waals surface area contributed by atoms with Gasteiger partial charge < -0.3 is 0 Å². The van der Waals surface area contributed by atoms with E-state index in [2.05, 4.69) is 0 Å². The largest absolute Gasteiger partial charge is 0.269 e. The van der Waals surface area contributed by atoms with Crippen LogP contribution < -0.4 is 0 Å². The standard InChI is InChI=1S/C9H11NO2/c1-3-8-6-9(10(11)12)5-4-7(8)2/h4-6H,3H2,1-2H3. The molecule has 0 radical (unpaired) electrons. The maximum absolute atomic E-state index is 10.4. The molecule has 0 saturated carbocycles. The lowest BCUT2D eigenvalue weighted by Gasteiger charge is -2.00. The highest BCUT2D eigenvalue weighted by Gasteiger charge is 2.06. The zero-order valence-electron chi connectivity index (χ0n) is 7.20. The van der Waals surface area contributed by atoms with Gasteiger partial charge in [0.1, 0.15) is 0 Å². The topological polar surface area (TPSA) is 43.1 Å². The molecule has 3 heteroatoms. The SMILES string of the molecule is CCc1cc([N+](=O)[O-])ccc1C. The maximum atomic E-state index is 10.4. The zero-order valence-corrected chi connectivity index (χ0v) is 7.20. The third-order valence-corrected chi connectivity index (χ3v) is 1.92. The van der Waals surface area contributed by atoms with Gasteiger partial charge in [-0.3, -0.25) is 10.1 Å². The van der Waals surface area contributed by atoms with Gasteiger partial charge in [0.15, 0.2) is 0 Å². The third-order valence-electron chi connectivity index (χ3n) is 1.92. The van der Waals surface area contributed by atoms with Gasteiger partial charge in [-0.15, -0.1) is 0 Å². The molecular formula is C9H11NO2. The second-order valence-electron chi connectivity index (χ2n) is 2.72. The van der Waals surface area contributed by atoms with Gasteiger partial charge in [-0.25, -0.2) is 0 Å². The fourth-order valence-corrected chi connectivity index (χ4v) is 1.15. The van der Waals surface area contributed by atoms with Crippen LogP contribution in [0.25, 0.3) is 0 Å². The molecule has 0 N–H and O–H groups in total. The molecule has 0 aliphatic heterocycles. The number of hydrogen-bond donors (Lipinski definition) is 0. The van der Waals surface area contributed by atoms with Crippen LogP contribution in [0.2, 0.25) is 0 Å². The first-order valence-corrected chi connectivity index (χ1v) is 3.89.